The number of benzene rings is 2. The molecular weight excluding hydrogens is 368 g/mol. The van der Waals surface area contributed by atoms with Gasteiger partial charge in [-0.25, -0.2) is 4.98 Å². The van der Waals surface area contributed by atoms with E-state index in [1.54, 1.807) is 17.4 Å². The van der Waals surface area contributed by atoms with E-state index in [-0.39, 0.29) is 5.91 Å². The molecule has 0 fully saturated rings. The lowest BCUT2D eigenvalue weighted by molar-refractivity contribution is 0.102. The van der Waals surface area contributed by atoms with Crippen molar-refractivity contribution in [2.75, 3.05) is 11.9 Å². The number of anilines is 1. The Labute approximate surface area is 170 Å². The zero-order valence-electron chi connectivity index (χ0n) is 16.2. The van der Waals surface area contributed by atoms with Gasteiger partial charge in [-0.05, 0) is 50.1 Å². The Hall–Kier alpha value is -2.84. The topological polar surface area (TPSA) is 51.2 Å². The molecule has 0 unspecified atom stereocenters. The molecule has 4 nitrogen and oxygen atoms in total. The summed E-state index contributed by atoms with van der Waals surface area (Å²) in [5.41, 5.74) is 2.27. The van der Waals surface area contributed by atoms with Crippen molar-refractivity contribution in [1.82, 2.24) is 4.98 Å². The van der Waals surface area contributed by atoms with Crippen molar-refractivity contribution in [2.24, 2.45) is 0 Å². The molecule has 1 amide bonds. The van der Waals surface area contributed by atoms with Crippen LogP contribution in [-0.2, 0) is 0 Å². The largest absolute Gasteiger partial charge is 0.494 e. The molecule has 3 rings (SSSR count). The molecule has 144 valence electrons. The van der Waals surface area contributed by atoms with E-state index in [1.807, 2.05) is 43.3 Å². The molecule has 2 aromatic carbocycles. The molecule has 0 aliphatic carbocycles. The van der Waals surface area contributed by atoms with Gasteiger partial charge in [-0.3, -0.25) is 4.79 Å². The number of aryl methyl sites for hydroxylation is 1. The molecule has 0 saturated heterocycles. The summed E-state index contributed by atoms with van der Waals surface area (Å²) in [5, 5.41) is 3.94. The SMILES string of the molecule is CCC#CCCCCOc1cccc(NC(=O)c2ccc3nc(C)sc3c2)c1. The van der Waals surface area contributed by atoms with Crippen molar-refractivity contribution in [1.29, 1.82) is 0 Å². The fraction of sp³-hybridized carbons (Fsp3) is 0.304. The maximum atomic E-state index is 12.6. The normalized spacial score (nSPS) is 10.4. The summed E-state index contributed by atoms with van der Waals surface area (Å²) in [7, 11) is 0. The van der Waals surface area contributed by atoms with Crippen LogP contribution in [0.4, 0.5) is 5.69 Å². The second kappa shape index (κ2) is 9.91. The van der Waals surface area contributed by atoms with Gasteiger partial charge in [-0.1, -0.05) is 13.0 Å². The first kappa shape index (κ1) is 19.9. The summed E-state index contributed by atoms with van der Waals surface area (Å²) in [5.74, 6) is 6.83. The van der Waals surface area contributed by atoms with Crippen LogP contribution in [0, 0.1) is 18.8 Å². The first-order valence-corrected chi connectivity index (χ1v) is 10.3. The van der Waals surface area contributed by atoms with Crippen LogP contribution in [0.25, 0.3) is 10.2 Å². The highest BCUT2D eigenvalue weighted by Gasteiger charge is 2.09. The van der Waals surface area contributed by atoms with E-state index in [2.05, 4.69) is 29.1 Å². The number of fused-ring (bicyclic) bond motifs is 1. The monoisotopic (exact) mass is 392 g/mol. The average Bonchev–Trinajstić information content (AvgIpc) is 3.06. The molecular formula is C23H24N2O2S. The molecule has 1 N–H and O–H groups in total. The third kappa shape index (κ3) is 5.58. The third-order valence-electron chi connectivity index (χ3n) is 4.12. The highest BCUT2D eigenvalue weighted by atomic mass is 32.1. The second-order valence-corrected chi connectivity index (χ2v) is 7.64. The van der Waals surface area contributed by atoms with E-state index in [0.717, 1.165) is 52.3 Å². The number of unbranched alkanes of at least 4 members (excludes halogenated alkanes) is 2. The van der Waals surface area contributed by atoms with Gasteiger partial charge in [0.1, 0.15) is 5.75 Å². The van der Waals surface area contributed by atoms with Crippen LogP contribution >= 0.6 is 11.3 Å². The van der Waals surface area contributed by atoms with E-state index >= 15 is 0 Å². The molecule has 0 spiro atoms. The predicted molar refractivity (Wildman–Crippen MR) is 116 cm³/mol. The first-order valence-electron chi connectivity index (χ1n) is 9.53. The molecule has 5 heteroatoms. The summed E-state index contributed by atoms with van der Waals surface area (Å²) in [4.78, 5) is 17.0. The Morgan fingerprint density at radius 2 is 2.07 bits per heavy atom. The highest BCUT2D eigenvalue weighted by molar-refractivity contribution is 7.18. The van der Waals surface area contributed by atoms with E-state index in [9.17, 15) is 4.79 Å². The van der Waals surface area contributed by atoms with Gasteiger partial charge in [0.2, 0.25) is 0 Å². The number of hydrogen-bond acceptors (Lipinski definition) is 4. The molecule has 0 bridgehead atoms. The van der Waals surface area contributed by atoms with Crippen molar-refractivity contribution < 1.29 is 9.53 Å². The van der Waals surface area contributed by atoms with Crippen LogP contribution in [0.1, 0.15) is 48.0 Å². The third-order valence-corrected chi connectivity index (χ3v) is 5.05. The Balaban J connectivity index is 1.55. The van der Waals surface area contributed by atoms with Crippen molar-refractivity contribution in [2.45, 2.75) is 39.5 Å². The zero-order chi connectivity index (χ0) is 19.8. The fourth-order valence-electron chi connectivity index (χ4n) is 2.77. The Bertz CT molecular complexity index is 1010. The number of nitrogens with zero attached hydrogens (tertiary/aromatic N) is 1. The Kier molecular flexibility index (Phi) is 7.05. The lowest BCUT2D eigenvalue weighted by Gasteiger charge is -2.09. The average molecular weight is 393 g/mol. The van der Waals surface area contributed by atoms with Gasteiger partial charge in [0.25, 0.3) is 5.91 Å². The zero-order valence-corrected chi connectivity index (χ0v) is 17.1. The lowest BCUT2D eigenvalue weighted by atomic mass is 10.2. The molecule has 3 aromatic rings. The molecule has 1 heterocycles. The van der Waals surface area contributed by atoms with Crippen LogP contribution in [0.2, 0.25) is 0 Å². The van der Waals surface area contributed by atoms with Crippen molar-refractivity contribution in [3.63, 3.8) is 0 Å². The summed E-state index contributed by atoms with van der Waals surface area (Å²) in [6, 6.07) is 13.1. The maximum Gasteiger partial charge on any atom is 0.255 e. The van der Waals surface area contributed by atoms with Gasteiger partial charge in [0, 0.05) is 30.2 Å². The van der Waals surface area contributed by atoms with Crippen LogP contribution < -0.4 is 10.1 Å². The summed E-state index contributed by atoms with van der Waals surface area (Å²) in [6.45, 7) is 4.67. The molecule has 1 aromatic heterocycles. The Morgan fingerprint density at radius 1 is 1.18 bits per heavy atom. The lowest BCUT2D eigenvalue weighted by Crippen LogP contribution is -2.11. The number of nitrogens with one attached hydrogen (secondary N) is 1. The van der Waals surface area contributed by atoms with Gasteiger partial charge in [-0.2, -0.15) is 0 Å². The number of thiazole rings is 1. The van der Waals surface area contributed by atoms with Crippen LogP contribution in [0.3, 0.4) is 0 Å². The molecule has 0 atom stereocenters. The number of carbonyl (C=O) groups is 1. The van der Waals surface area contributed by atoms with Gasteiger partial charge >= 0.3 is 0 Å². The Morgan fingerprint density at radius 3 is 2.93 bits per heavy atom. The van der Waals surface area contributed by atoms with E-state index < -0.39 is 0 Å². The van der Waals surface area contributed by atoms with E-state index in [4.69, 9.17) is 4.74 Å². The van der Waals surface area contributed by atoms with Gasteiger partial charge in [0.05, 0.1) is 21.8 Å². The van der Waals surface area contributed by atoms with Gasteiger partial charge in [0.15, 0.2) is 0 Å². The molecule has 0 aliphatic heterocycles. The quantitative estimate of drug-likeness (QED) is 0.407. The van der Waals surface area contributed by atoms with Crippen LogP contribution in [0.15, 0.2) is 42.5 Å². The molecule has 28 heavy (non-hydrogen) atoms. The number of aromatic nitrogens is 1. The minimum Gasteiger partial charge on any atom is -0.494 e. The number of rotatable bonds is 7. The number of hydrogen-bond donors (Lipinski definition) is 1. The van der Waals surface area contributed by atoms with Crippen LogP contribution in [-0.4, -0.2) is 17.5 Å². The predicted octanol–water partition coefficient (Wildman–Crippen LogP) is 5.82. The summed E-state index contributed by atoms with van der Waals surface area (Å²) >= 11 is 1.59. The fourth-order valence-corrected chi connectivity index (χ4v) is 3.63. The van der Waals surface area contributed by atoms with E-state index in [0.29, 0.717) is 12.2 Å². The van der Waals surface area contributed by atoms with E-state index in [1.165, 1.54) is 0 Å². The van der Waals surface area contributed by atoms with Gasteiger partial charge in [-0.15, -0.1) is 23.2 Å². The minimum atomic E-state index is -0.139. The summed E-state index contributed by atoms with van der Waals surface area (Å²) < 4.78 is 6.81. The van der Waals surface area contributed by atoms with Crippen molar-refractivity contribution >= 4 is 33.1 Å². The highest BCUT2D eigenvalue weighted by Crippen LogP contribution is 2.24. The maximum absolute atomic E-state index is 12.6. The first-order chi connectivity index (χ1) is 13.7. The number of carbonyl (C=O) groups excluding carboxylic acids is 1. The second-order valence-electron chi connectivity index (χ2n) is 6.41. The number of amides is 1. The standard InChI is InChI=1S/C23H24N2O2S/c1-3-4-5-6-7-8-14-27-20-11-9-10-19(16-20)25-23(26)18-12-13-21-22(15-18)28-17(2)24-21/h9-13,15-16H,3,6-8,14H2,1-2H3,(H,25,26). The van der Waals surface area contributed by atoms with Crippen molar-refractivity contribution in [3.8, 4) is 17.6 Å². The van der Waals surface area contributed by atoms with Crippen LogP contribution in [0.5, 0.6) is 5.75 Å². The molecule has 0 aliphatic rings. The number of ether oxygens (including phenoxy) is 1. The van der Waals surface area contributed by atoms with Crippen molar-refractivity contribution in [3.05, 3.63) is 53.0 Å². The molecule has 0 radical (unpaired) electrons. The van der Waals surface area contributed by atoms with Gasteiger partial charge < -0.3 is 10.1 Å². The molecule has 0 saturated carbocycles. The summed E-state index contributed by atoms with van der Waals surface area (Å²) in [6.07, 6.45) is 3.82. The smallest absolute Gasteiger partial charge is 0.255 e. The minimum absolute atomic E-state index is 0.139.